The van der Waals surface area contributed by atoms with Crippen LogP contribution in [0.15, 0.2) is 18.2 Å². The van der Waals surface area contributed by atoms with Gasteiger partial charge in [-0.2, -0.15) is 0 Å². The third-order valence-electron chi connectivity index (χ3n) is 3.15. The molecule has 0 aliphatic heterocycles. The molecule has 1 atom stereocenters. The number of hydrogen-bond donors (Lipinski definition) is 2. The van der Waals surface area contributed by atoms with Crippen molar-refractivity contribution < 1.29 is 4.79 Å². The lowest BCUT2D eigenvalue weighted by atomic mass is 9.91. The first-order valence-corrected chi connectivity index (χ1v) is 6.62. The highest BCUT2D eigenvalue weighted by molar-refractivity contribution is 5.77. The van der Waals surface area contributed by atoms with Crippen molar-refractivity contribution in [2.45, 2.75) is 39.5 Å². The zero-order chi connectivity index (χ0) is 13.5. The molecule has 0 aromatic heterocycles. The van der Waals surface area contributed by atoms with E-state index in [9.17, 15) is 4.79 Å². The van der Waals surface area contributed by atoms with Crippen LogP contribution in [-0.2, 0) is 4.79 Å². The second-order valence-corrected chi connectivity index (χ2v) is 4.85. The second-order valence-electron chi connectivity index (χ2n) is 4.85. The zero-order valence-electron chi connectivity index (χ0n) is 11.6. The van der Waals surface area contributed by atoms with Crippen molar-refractivity contribution in [1.29, 1.82) is 0 Å². The van der Waals surface area contributed by atoms with Gasteiger partial charge in [-0.05, 0) is 37.9 Å². The van der Waals surface area contributed by atoms with Gasteiger partial charge in [0.15, 0.2) is 0 Å². The molecule has 0 aliphatic carbocycles. The van der Waals surface area contributed by atoms with Crippen LogP contribution in [0.2, 0.25) is 0 Å². The van der Waals surface area contributed by atoms with Crippen molar-refractivity contribution in [1.82, 2.24) is 5.32 Å². The lowest BCUT2D eigenvalue weighted by Crippen LogP contribution is -2.28. The van der Waals surface area contributed by atoms with Crippen LogP contribution in [0.4, 0.5) is 0 Å². The van der Waals surface area contributed by atoms with Gasteiger partial charge in [0.1, 0.15) is 0 Å². The molecule has 3 N–H and O–H groups in total. The number of amides is 1. The fourth-order valence-corrected chi connectivity index (χ4v) is 2.16. The van der Waals surface area contributed by atoms with Gasteiger partial charge in [0.05, 0.1) is 0 Å². The van der Waals surface area contributed by atoms with Crippen LogP contribution in [0.25, 0.3) is 0 Å². The molecule has 0 saturated carbocycles. The van der Waals surface area contributed by atoms with E-state index in [4.69, 9.17) is 5.73 Å². The van der Waals surface area contributed by atoms with E-state index in [0.29, 0.717) is 13.0 Å². The van der Waals surface area contributed by atoms with Gasteiger partial charge in [-0.25, -0.2) is 0 Å². The Balaban J connectivity index is 2.73. The molecule has 0 saturated heterocycles. The van der Waals surface area contributed by atoms with Gasteiger partial charge in [0.25, 0.3) is 0 Å². The van der Waals surface area contributed by atoms with E-state index in [1.165, 1.54) is 16.7 Å². The van der Waals surface area contributed by atoms with Crippen LogP contribution >= 0.6 is 0 Å². The standard InChI is InChI=1S/C15H24N2O/c1-4-7-17-15(18)9-13(10-16)14-6-5-11(2)8-12(14)3/h5-6,8,13H,4,7,9-10,16H2,1-3H3,(H,17,18). The highest BCUT2D eigenvalue weighted by Gasteiger charge is 2.16. The minimum absolute atomic E-state index is 0.0901. The van der Waals surface area contributed by atoms with Gasteiger partial charge in [0, 0.05) is 18.9 Å². The molecule has 0 radical (unpaired) electrons. The average molecular weight is 248 g/mol. The normalized spacial score (nSPS) is 12.2. The minimum Gasteiger partial charge on any atom is -0.356 e. The Bertz CT molecular complexity index is 401. The maximum atomic E-state index is 11.8. The summed E-state index contributed by atoms with van der Waals surface area (Å²) in [4.78, 5) is 11.8. The fraction of sp³-hybridized carbons (Fsp3) is 0.533. The lowest BCUT2D eigenvalue weighted by molar-refractivity contribution is -0.121. The molecule has 1 unspecified atom stereocenters. The topological polar surface area (TPSA) is 55.1 Å². The Morgan fingerprint density at radius 2 is 2.11 bits per heavy atom. The van der Waals surface area contributed by atoms with Crippen molar-refractivity contribution in [3.63, 3.8) is 0 Å². The molecule has 0 heterocycles. The SMILES string of the molecule is CCCNC(=O)CC(CN)c1ccc(C)cc1C. The summed E-state index contributed by atoms with van der Waals surface area (Å²) < 4.78 is 0. The van der Waals surface area contributed by atoms with Crippen molar-refractivity contribution >= 4 is 5.91 Å². The van der Waals surface area contributed by atoms with Gasteiger partial charge in [-0.3, -0.25) is 4.79 Å². The van der Waals surface area contributed by atoms with E-state index < -0.39 is 0 Å². The van der Waals surface area contributed by atoms with Crippen molar-refractivity contribution in [2.75, 3.05) is 13.1 Å². The van der Waals surface area contributed by atoms with Crippen LogP contribution in [0.3, 0.4) is 0 Å². The second kappa shape index (κ2) is 7.17. The Morgan fingerprint density at radius 1 is 1.39 bits per heavy atom. The zero-order valence-corrected chi connectivity index (χ0v) is 11.6. The predicted molar refractivity (Wildman–Crippen MR) is 75.6 cm³/mol. The summed E-state index contributed by atoms with van der Waals surface area (Å²) in [6.07, 6.45) is 1.43. The summed E-state index contributed by atoms with van der Waals surface area (Å²) in [6.45, 7) is 7.44. The maximum absolute atomic E-state index is 11.8. The Labute approximate surface area is 110 Å². The molecule has 0 spiro atoms. The number of benzene rings is 1. The van der Waals surface area contributed by atoms with Gasteiger partial charge in [0.2, 0.25) is 5.91 Å². The van der Waals surface area contributed by atoms with Gasteiger partial charge < -0.3 is 11.1 Å². The van der Waals surface area contributed by atoms with Crippen molar-refractivity contribution in [3.05, 3.63) is 34.9 Å². The summed E-state index contributed by atoms with van der Waals surface area (Å²) in [7, 11) is 0. The predicted octanol–water partition coefficient (Wildman–Crippen LogP) is 2.26. The largest absolute Gasteiger partial charge is 0.356 e. The molecule has 1 amide bonds. The molecule has 18 heavy (non-hydrogen) atoms. The molecule has 3 heteroatoms. The van der Waals surface area contributed by atoms with Crippen molar-refractivity contribution in [3.8, 4) is 0 Å². The third-order valence-corrected chi connectivity index (χ3v) is 3.15. The Hall–Kier alpha value is -1.35. The smallest absolute Gasteiger partial charge is 0.220 e. The Morgan fingerprint density at radius 3 is 2.67 bits per heavy atom. The van der Waals surface area contributed by atoms with Crippen LogP contribution in [0.5, 0.6) is 0 Å². The van der Waals surface area contributed by atoms with E-state index in [1.54, 1.807) is 0 Å². The Kier molecular flexibility index (Phi) is 5.86. The number of aryl methyl sites for hydroxylation is 2. The molecule has 3 nitrogen and oxygen atoms in total. The minimum atomic E-state index is 0.0901. The summed E-state index contributed by atoms with van der Waals surface area (Å²) in [5, 5.41) is 2.90. The highest BCUT2D eigenvalue weighted by atomic mass is 16.1. The maximum Gasteiger partial charge on any atom is 0.220 e. The number of hydrogen-bond acceptors (Lipinski definition) is 2. The first-order valence-electron chi connectivity index (χ1n) is 6.62. The number of rotatable bonds is 6. The quantitative estimate of drug-likeness (QED) is 0.811. The van der Waals surface area contributed by atoms with Crippen LogP contribution in [-0.4, -0.2) is 19.0 Å². The first kappa shape index (κ1) is 14.7. The van der Waals surface area contributed by atoms with Crippen molar-refractivity contribution in [2.24, 2.45) is 5.73 Å². The van der Waals surface area contributed by atoms with E-state index in [1.807, 2.05) is 6.92 Å². The molecule has 1 rings (SSSR count). The third kappa shape index (κ3) is 4.15. The van der Waals surface area contributed by atoms with E-state index in [2.05, 4.69) is 37.4 Å². The van der Waals surface area contributed by atoms with Gasteiger partial charge >= 0.3 is 0 Å². The number of nitrogens with two attached hydrogens (primary N) is 1. The van der Waals surface area contributed by atoms with E-state index >= 15 is 0 Å². The summed E-state index contributed by atoms with van der Waals surface area (Å²) in [6, 6.07) is 6.31. The first-order chi connectivity index (χ1) is 8.58. The molecular weight excluding hydrogens is 224 g/mol. The van der Waals surface area contributed by atoms with Gasteiger partial charge in [-0.1, -0.05) is 30.7 Å². The van der Waals surface area contributed by atoms with E-state index in [0.717, 1.165) is 13.0 Å². The molecule has 1 aromatic rings. The van der Waals surface area contributed by atoms with Crippen LogP contribution < -0.4 is 11.1 Å². The summed E-state index contributed by atoms with van der Waals surface area (Å²) in [5.74, 6) is 0.203. The number of carbonyl (C=O) groups is 1. The molecule has 0 fully saturated rings. The van der Waals surface area contributed by atoms with Gasteiger partial charge in [-0.15, -0.1) is 0 Å². The summed E-state index contributed by atoms with van der Waals surface area (Å²) in [5.41, 5.74) is 9.45. The highest BCUT2D eigenvalue weighted by Crippen LogP contribution is 2.23. The number of nitrogens with one attached hydrogen (secondary N) is 1. The monoisotopic (exact) mass is 248 g/mol. The molecule has 1 aromatic carbocycles. The van der Waals surface area contributed by atoms with Crippen LogP contribution in [0.1, 0.15) is 42.4 Å². The molecule has 0 aliphatic rings. The average Bonchev–Trinajstić information content (AvgIpc) is 2.34. The molecular formula is C15H24N2O. The van der Waals surface area contributed by atoms with Crippen LogP contribution in [0, 0.1) is 13.8 Å². The lowest BCUT2D eigenvalue weighted by Gasteiger charge is -2.17. The van der Waals surface area contributed by atoms with E-state index in [-0.39, 0.29) is 11.8 Å². The molecule has 0 bridgehead atoms. The fourth-order valence-electron chi connectivity index (χ4n) is 2.16. The summed E-state index contributed by atoms with van der Waals surface area (Å²) >= 11 is 0. The number of carbonyl (C=O) groups excluding carboxylic acids is 1. The molecule has 100 valence electrons.